The molecule has 3 fully saturated rings. The predicted octanol–water partition coefficient (Wildman–Crippen LogP) is 5.39. The molecule has 2 aromatic carbocycles. The molecule has 3 N–H and O–H groups in total. The minimum atomic E-state index is -0.906. The molecule has 0 aliphatic carbocycles. The molecular weight excluding hydrogens is 575 g/mol. The van der Waals surface area contributed by atoms with Crippen LogP contribution in [0.5, 0.6) is 6.01 Å². The van der Waals surface area contributed by atoms with E-state index in [9.17, 15) is 14.0 Å². The summed E-state index contributed by atoms with van der Waals surface area (Å²) in [7, 11) is 1.93. The van der Waals surface area contributed by atoms with Crippen LogP contribution in [0.4, 0.5) is 24.0 Å². The van der Waals surface area contributed by atoms with Crippen LogP contribution in [0.25, 0.3) is 32.1 Å². The Hall–Kier alpha value is -3.66. The van der Waals surface area contributed by atoms with Crippen LogP contribution in [0.2, 0.25) is 0 Å². The van der Waals surface area contributed by atoms with Crippen molar-refractivity contribution in [3.63, 3.8) is 0 Å². The number of halogens is 3. The lowest BCUT2D eigenvalue weighted by atomic mass is 9.95. The summed E-state index contributed by atoms with van der Waals surface area (Å²) in [5.74, 6) is -0.630. The van der Waals surface area contributed by atoms with Crippen LogP contribution in [0.3, 0.4) is 0 Å². The van der Waals surface area contributed by atoms with E-state index in [1.165, 1.54) is 12.1 Å². The summed E-state index contributed by atoms with van der Waals surface area (Å²) >= 11 is 0.966. The molecule has 0 saturated carbocycles. The molecule has 4 aromatic rings. The van der Waals surface area contributed by atoms with Crippen molar-refractivity contribution in [3.05, 3.63) is 41.5 Å². The summed E-state index contributed by atoms with van der Waals surface area (Å²) in [4.78, 5) is 13.5. The minimum Gasteiger partial charge on any atom is -0.461 e. The number of fused-ring (bicyclic) bond motifs is 3. The molecule has 7 rings (SSSR count). The molecule has 12 heteroatoms. The maximum absolute atomic E-state index is 16.7. The number of benzene rings is 2. The van der Waals surface area contributed by atoms with Gasteiger partial charge < -0.3 is 20.7 Å². The van der Waals surface area contributed by atoms with E-state index in [0.29, 0.717) is 35.8 Å². The standard InChI is InChI=1S/C31H32F3N7OS/c1-16-10-18(13-37-16)40(2)29-21-5-4-20(19-6-7-23(33)27-24(19)22(12-35)28(36)43-27)25(34)26(21)38-30(39-29)42-15-31-8-3-9-41(31)14-17(32)11-31/h4-7,16-18,37H,3,8-11,13-15,36H2,1-2H3/t16-,17-,18-,31+/m1/s1. The number of ether oxygens (including phenoxy) is 1. The van der Waals surface area contributed by atoms with Gasteiger partial charge in [0.15, 0.2) is 5.82 Å². The van der Waals surface area contributed by atoms with Gasteiger partial charge in [-0.1, -0.05) is 12.1 Å². The smallest absolute Gasteiger partial charge is 0.319 e. The Bertz CT molecular complexity index is 1790. The van der Waals surface area contributed by atoms with Gasteiger partial charge in [0, 0.05) is 55.0 Å². The molecule has 4 atom stereocenters. The van der Waals surface area contributed by atoms with Gasteiger partial charge in [0.05, 0.1) is 15.8 Å². The minimum absolute atomic E-state index is 0.0229. The third kappa shape index (κ3) is 4.56. The number of hydrogen-bond donors (Lipinski definition) is 2. The molecule has 43 heavy (non-hydrogen) atoms. The van der Waals surface area contributed by atoms with Crippen LogP contribution < -0.4 is 20.7 Å². The van der Waals surface area contributed by atoms with Gasteiger partial charge in [0.2, 0.25) is 0 Å². The van der Waals surface area contributed by atoms with E-state index in [1.807, 2.05) is 11.9 Å². The number of aromatic nitrogens is 2. The number of nitrogen functional groups attached to an aromatic ring is 1. The first-order chi connectivity index (χ1) is 20.7. The summed E-state index contributed by atoms with van der Waals surface area (Å²) in [6, 6.07) is 8.63. The Morgan fingerprint density at radius 3 is 2.84 bits per heavy atom. The van der Waals surface area contributed by atoms with Crippen LogP contribution in [0.1, 0.15) is 38.2 Å². The van der Waals surface area contributed by atoms with Crippen molar-refractivity contribution in [1.29, 1.82) is 5.26 Å². The number of anilines is 2. The van der Waals surface area contributed by atoms with Gasteiger partial charge in [0.25, 0.3) is 0 Å². The van der Waals surface area contributed by atoms with E-state index in [-0.39, 0.29) is 50.4 Å². The Labute approximate surface area is 251 Å². The van der Waals surface area contributed by atoms with Gasteiger partial charge in [-0.05, 0) is 50.4 Å². The van der Waals surface area contributed by atoms with Gasteiger partial charge in [-0.25, -0.2) is 13.2 Å². The summed E-state index contributed by atoms with van der Waals surface area (Å²) in [6.07, 6.45) is 2.17. The van der Waals surface area contributed by atoms with Gasteiger partial charge in [-0.3, -0.25) is 4.90 Å². The molecule has 2 aromatic heterocycles. The maximum atomic E-state index is 16.7. The quantitative estimate of drug-likeness (QED) is 0.301. The van der Waals surface area contributed by atoms with Crippen molar-refractivity contribution in [1.82, 2.24) is 20.2 Å². The van der Waals surface area contributed by atoms with E-state index < -0.39 is 23.3 Å². The zero-order valence-corrected chi connectivity index (χ0v) is 24.8. The normalized spacial score (nSPS) is 25.4. The van der Waals surface area contributed by atoms with Gasteiger partial charge in [-0.2, -0.15) is 15.2 Å². The second-order valence-electron chi connectivity index (χ2n) is 12.1. The number of thiophene rings is 1. The number of nitrogens with two attached hydrogens (primary N) is 1. The zero-order chi connectivity index (χ0) is 30.0. The first-order valence-electron chi connectivity index (χ1n) is 14.6. The molecule has 5 heterocycles. The Kier molecular flexibility index (Phi) is 6.87. The Balaban J connectivity index is 1.36. The maximum Gasteiger partial charge on any atom is 0.319 e. The van der Waals surface area contributed by atoms with E-state index in [2.05, 4.69) is 28.2 Å². The number of nitriles is 1. The number of hydrogen-bond acceptors (Lipinski definition) is 9. The van der Waals surface area contributed by atoms with Crippen molar-refractivity contribution in [3.8, 4) is 23.2 Å². The van der Waals surface area contributed by atoms with Crippen LogP contribution in [0.15, 0.2) is 24.3 Å². The average molecular weight is 608 g/mol. The fourth-order valence-electron chi connectivity index (χ4n) is 7.22. The SMILES string of the molecule is C[C@@H]1C[C@@H](N(C)c2nc(OC[C@@]34CCCN3C[C@H](F)C4)nc3c(F)c(-c4ccc(F)c5sc(N)c(C#N)c45)ccc23)CN1. The van der Waals surface area contributed by atoms with Crippen molar-refractivity contribution in [2.75, 3.05) is 43.9 Å². The monoisotopic (exact) mass is 607 g/mol. The molecule has 0 amide bonds. The number of nitrogens with zero attached hydrogens (tertiary/aromatic N) is 5. The lowest BCUT2D eigenvalue weighted by Gasteiger charge is -2.31. The molecule has 3 saturated heterocycles. The topological polar surface area (TPSA) is 103 Å². The highest BCUT2D eigenvalue weighted by molar-refractivity contribution is 7.23. The number of nitrogens with one attached hydrogen (secondary N) is 1. The highest BCUT2D eigenvalue weighted by atomic mass is 32.1. The zero-order valence-electron chi connectivity index (χ0n) is 24.0. The van der Waals surface area contributed by atoms with Crippen molar-refractivity contribution < 1.29 is 17.9 Å². The third-order valence-corrected chi connectivity index (χ3v) is 10.5. The van der Waals surface area contributed by atoms with Gasteiger partial charge in [-0.15, -0.1) is 11.3 Å². The van der Waals surface area contributed by atoms with Crippen molar-refractivity contribution in [2.24, 2.45) is 0 Å². The second-order valence-corrected chi connectivity index (χ2v) is 13.1. The first-order valence-corrected chi connectivity index (χ1v) is 15.4. The highest BCUT2D eigenvalue weighted by Crippen LogP contribution is 2.44. The molecule has 0 spiro atoms. The highest BCUT2D eigenvalue weighted by Gasteiger charge is 2.49. The fraction of sp³-hybridized carbons (Fsp3) is 0.452. The van der Waals surface area contributed by atoms with E-state index in [0.717, 1.165) is 43.7 Å². The summed E-state index contributed by atoms with van der Waals surface area (Å²) in [5.41, 5.74) is 6.31. The molecule has 224 valence electrons. The number of alkyl halides is 1. The van der Waals surface area contributed by atoms with Crippen molar-refractivity contribution >= 4 is 43.1 Å². The third-order valence-electron chi connectivity index (χ3n) is 9.43. The van der Waals surface area contributed by atoms with E-state index in [4.69, 9.17) is 15.5 Å². The molecule has 8 nitrogen and oxygen atoms in total. The van der Waals surface area contributed by atoms with Gasteiger partial charge in [0.1, 0.15) is 41.0 Å². The molecule has 3 aliphatic rings. The van der Waals surface area contributed by atoms with Crippen LogP contribution in [-0.2, 0) is 0 Å². The van der Waals surface area contributed by atoms with Crippen molar-refractivity contribution in [2.45, 2.75) is 56.4 Å². The lowest BCUT2D eigenvalue weighted by molar-refractivity contribution is 0.107. The molecule has 0 bridgehead atoms. The fourth-order valence-corrected chi connectivity index (χ4v) is 8.17. The van der Waals surface area contributed by atoms with Crippen LogP contribution in [-0.4, -0.2) is 72.0 Å². The Morgan fingerprint density at radius 2 is 2.07 bits per heavy atom. The number of likely N-dealkylation sites (N-methyl/N-ethyl adjacent to an activating group) is 1. The van der Waals surface area contributed by atoms with E-state index in [1.54, 1.807) is 12.1 Å². The molecule has 3 aliphatic heterocycles. The largest absolute Gasteiger partial charge is 0.461 e. The number of rotatable bonds is 6. The van der Waals surface area contributed by atoms with Gasteiger partial charge >= 0.3 is 6.01 Å². The average Bonchev–Trinajstić information content (AvgIpc) is 3.74. The lowest BCUT2D eigenvalue weighted by Crippen LogP contribution is -2.43. The van der Waals surface area contributed by atoms with Crippen LogP contribution in [0, 0.1) is 23.0 Å². The summed E-state index contributed by atoms with van der Waals surface area (Å²) in [6.45, 7) is 4.30. The van der Waals surface area contributed by atoms with Crippen LogP contribution >= 0.6 is 11.3 Å². The Morgan fingerprint density at radius 1 is 1.26 bits per heavy atom. The van der Waals surface area contributed by atoms with E-state index >= 15 is 4.39 Å². The summed E-state index contributed by atoms with van der Waals surface area (Å²) in [5, 5.41) is 14.2. The molecule has 0 radical (unpaired) electrons. The summed E-state index contributed by atoms with van der Waals surface area (Å²) < 4.78 is 52.2. The predicted molar refractivity (Wildman–Crippen MR) is 162 cm³/mol. The molecule has 0 unspecified atom stereocenters. The first kappa shape index (κ1) is 28.1. The second kappa shape index (κ2) is 10.5. The molecular formula is C31H32F3N7OS.